The van der Waals surface area contributed by atoms with E-state index < -0.39 is 0 Å². The minimum absolute atomic E-state index is 0.0881. The van der Waals surface area contributed by atoms with Crippen molar-refractivity contribution in [2.45, 2.75) is 43.3 Å². The summed E-state index contributed by atoms with van der Waals surface area (Å²) in [4.78, 5) is 17.7. The Bertz CT molecular complexity index is 757. The van der Waals surface area contributed by atoms with Crippen LogP contribution >= 0.6 is 11.8 Å². The Morgan fingerprint density at radius 2 is 1.95 bits per heavy atom. The first-order valence-corrected chi connectivity index (χ1v) is 7.45. The van der Waals surface area contributed by atoms with E-state index in [9.17, 15) is 0 Å². The second kappa shape index (κ2) is 5.07. The molecular formula is C14H16N6S. The molecular weight excluding hydrogens is 284 g/mol. The van der Waals surface area contributed by atoms with E-state index in [-0.39, 0.29) is 5.41 Å². The Balaban J connectivity index is 1.95. The Labute approximate surface area is 127 Å². The van der Waals surface area contributed by atoms with Crippen LogP contribution in [-0.4, -0.2) is 29.5 Å². The van der Waals surface area contributed by atoms with E-state index in [0.29, 0.717) is 10.9 Å². The number of hydrogen-bond donors (Lipinski definition) is 0. The van der Waals surface area contributed by atoms with Crippen molar-refractivity contribution >= 4 is 17.5 Å². The standard InChI is InChI=1S/C14H16N6S/c1-9-8-10(17-11(16-9)14(2,3)4)21-13-18-12-15-6-5-7-20(12)19-13/h5-8H,1-4H3. The van der Waals surface area contributed by atoms with Crippen LogP contribution in [0.5, 0.6) is 0 Å². The van der Waals surface area contributed by atoms with Gasteiger partial charge in [0.05, 0.1) is 0 Å². The topological polar surface area (TPSA) is 68.9 Å². The second-order valence-electron chi connectivity index (χ2n) is 5.78. The first kappa shape index (κ1) is 13.9. The molecule has 21 heavy (non-hydrogen) atoms. The van der Waals surface area contributed by atoms with Crippen LogP contribution in [0.2, 0.25) is 0 Å². The summed E-state index contributed by atoms with van der Waals surface area (Å²) in [6, 6.07) is 3.77. The van der Waals surface area contributed by atoms with Gasteiger partial charge in [-0.05, 0) is 30.8 Å². The smallest absolute Gasteiger partial charge is 0.238 e. The largest absolute Gasteiger partial charge is 0.253 e. The van der Waals surface area contributed by atoms with Crippen molar-refractivity contribution < 1.29 is 0 Å². The Hall–Kier alpha value is -2.02. The second-order valence-corrected chi connectivity index (χ2v) is 6.77. The van der Waals surface area contributed by atoms with Crippen molar-refractivity contribution in [1.29, 1.82) is 0 Å². The predicted octanol–water partition coefficient (Wildman–Crippen LogP) is 2.67. The van der Waals surface area contributed by atoms with Crippen molar-refractivity contribution in [2.24, 2.45) is 0 Å². The summed E-state index contributed by atoms with van der Waals surface area (Å²) in [6.45, 7) is 8.27. The van der Waals surface area contributed by atoms with Crippen LogP contribution in [0.3, 0.4) is 0 Å². The third kappa shape index (κ3) is 3.02. The fraction of sp³-hybridized carbons (Fsp3) is 0.357. The van der Waals surface area contributed by atoms with Crippen LogP contribution < -0.4 is 0 Å². The highest BCUT2D eigenvalue weighted by Gasteiger charge is 2.19. The average molecular weight is 300 g/mol. The maximum absolute atomic E-state index is 4.61. The molecule has 3 aromatic rings. The van der Waals surface area contributed by atoms with Gasteiger partial charge in [0.15, 0.2) is 0 Å². The minimum atomic E-state index is -0.0881. The molecule has 0 radical (unpaired) electrons. The molecule has 3 aromatic heterocycles. The van der Waals surface area contributed by atoms with Crippen molar-refractivity contribution in [3.8, 4) is 0 Å². The van der Waals surface area contributed by atoms with Crippen molar-refractivity contribution in [2.75, 3.05) is 0 Å². The summed E-state index contributed by atoms with van der Waals surface area (Å²) in [5, 5.41) is 5.86. The van der Waals surface area contributed by atoms with Gasteiger partial charge in [-0.2, -0.15) is 4.98 Å². The van der Waals surface area contributed by atoms with Gasteiger partial charge in [-0.25, -0.2) is 19.5 Å². The van der Waals surface area contributed by atoms with Gasteiger partial charge in [-0.3, -0.25) is 0 Å². The lowest BCUT2D eigenvalue weighted by atomic mass is 9.96. The number of nitrogens with zero attached hydrogens (tertiary/aromatic N) is 6. The van der Waals surface area contributed by atoms with Crippen LogP contribution in [0.4, 0.5) is 0 Å². The van der Waals surface area contributed by atoms with Crippen LogP contribution in [-0.2, 0) is 5.41 Å². The SMILES string of the molecule is Cc1cc(Sc2nc3ncccn3n2)nc(C(C)(C)C)n1. The first-order chi connectivity index (χ1) is 9.91. The molecule has 0 aliphatic heterocycles. The van der Waals surface area contributed by atoms with Crippen LogP contribution in [0.25, 0.3) is 5.78 Å². The van der Waals surface area contributed by atoms with Gasteiger partial charge in [0.25, 0.3) is 5.78 Å². The van der Waals surface area contributed by atoms with Crippen molar-refractivity contribution in [1.82, 2.24) is 29.5 Å². The molecule has 3 heterocycles. The molecule has 108 valence electrons. The fourth-order valence-electron chi connectivity index (χ4n) is 1.78. The lowest BCUT2D eigenvalue weighted by molar-refractivity contribution is 0.536. The highest BCUT2D eigenvalue weighted by molar-refractivity contribution is 7.99. The van der Waals surface area contributed by atoms with Gasteiger partial charge < -0.3 is 0 Å². The van der Waals surface area contributed by atoms with E-state index in [1.165, 1.54) is 11.8 Å². The Morgan fingerprint density at radius 3 is 2.67 bits per heavy atom. The molecule has 0 aromatic carbocycles. The lowest BCUT2D eigenvalue weighted by Crippen LogP contribution is -2.16. The molecule has 6 nitrogen and oxygen atoms in total. The average Bonchev–Trinajstić information content (AvgIpc) is 2.79. The molecule has 3 rings (SSSR count). The summed E-state index contributed by atoms with van der Waals surface area (Å²) >= 11 is 1.42. The summed E-state index contributed by atoms with van der Waals surface area (Å²) in [7, 11) is 0. The van der Waals surface area contributed by atoms with Gasteiger partial charge in [-0.1, -0.05) is 20.8 Å². The normalized spacial score (nSPS) is 12.0. The first-order valence-electron chi connectivity index (χ1n) is 6.63. The molecule has 0 aliphatic carbocycles. The molecule has 0 bridgehead atoms. The molecule has 0 amide bonds. The van der Waals surface area contributed by atoms with Crippen LogP contribution in [0, 0.1) is 6.92 Å². The van der Waals surface area contributed by atoms with Crippen molar-refractivity contribution in [3.63, 3.8) is 0 Å². The molecule has 0 atom stereocenters. The molecule has 0 saturated carbocycles. The molecule has 0 spiro atoms. The molecule has 0 unspecified atom stereocenters. The molecule has 0 aliphatic rings. The van der Waals surface area contributed by atoms with Gasteiger partial charge in [0, 0.05) is 23.5 Å². The quantitative estimate of drug-likeness (QED) is 0.678. The summed E-state index contributed by atoms with van der Waals surface area (Å²) in [5.74, 6) is 1.41. The van der Waals surface area contributed by atoms with Gasteiger partial charge >= 0.3 is 0 Å². The van der Waals surface area contributed by atoms with E-state index in [1.54, 1.807) is 10.7 Å². The fourth-order valence-corrected chi connectivity index (χ4v) is 2.58. The molecule has 0 N–H and O–H groups in total. The van der Waals surface area contributed by atoms with E-state index in [0.717, 1.165) is 16.5 Å². The zero-order valence-corrected chi connectivity index (χ0v) is 13.2. The van der Waals surface area contributed by atoms with Gasteiger partial charge in [0.1, 0.15) is 10.9 Å². The number of fused-ring (bicyclic) bond motifs is 1. The minimum Gasteiger partial charge on any atom is -0.238 e. The van der Waals surface area contributed by atoms with E-state index in [1.807, 2.05) is 25.3 Å². The number of aromatic nitrogens is 6. The number of aryl methyl sites for hydroxylation is 1. The number of rotatable bonds is 2. The summed E-state index contributed by atoms with van der Waals surface area (Å²) < 4.78 is 1.65. The highest BCUT2D eigenvalue weighted by atomic mass is 32.2. The monoisotopic (exact) mass is 300 g/mol. The molecule has 0 saturated heterocycles. The Morgan fingerprint density at radius 1 is 1.14 bits per heavy atom. The highest BCUT2D eigenvalue weighted by Crippen LogP contribution is 2.26. The molecule has 7 heteroatoms. The maximum Gasteiger partial charge on any atom is 0.253 e. The van der Waals surface area contributed by atoms with E-state index >= 15 is 0 Å². The van der Waals surface area contributed by atoms with E-state index in [2.05, 4.69) is 45.8 Å². The Kier molecular flexibility index (Phi) is 3.36. The van der Waals surface area contributed by atoms with Gasteiger partial charge in [0.2, 0.25) is 5.16 Å². The summed E-state index contributed by atoms with van der Waals surface area (Å²) in [6.07, 6.45) is 3.52. The van der Waals surface area contributed by atoms with Crippen LogP contribution in [0.15, 0.2) is 34.7 Å². The number of hydrogen-bond acceptors (Lipinski definition) is 6. The zero-order valence-electron chi connectivity index (χ0n) is 12.4. The lowest BCUT2D eigenvalue weighted by Gasteiger charge is -2.17. The van der Waals surface area contributed by atoms with E-state index in [4.69, 9.17) is 0 Å². The summed E-state index contributed by atoms with van der Waals surface area (Å²) in [5.41, 5.74) is 0.856. The third-order valence-electron chi connectivity index (χ3n) is 2.79. The van der Waals surface area contributed by atoms with Crippen LogP contribution in [0.1, 0.15) is 32.3 Å². The molecule has 0 fully saturated rings. The predicted molar refractivity (Wildman–Crippen MR) is 80.4 cm³/mol. The third-order valence-corrected chi connectivity index (χ3v) is 3.57. The van der Waals surface area contributed by atoms with Gasteiger partial charge in [-0.15, -0.1) is 5.10 Å². The zero-order chi connectivity index (χ0) is 15.0. The van der Waals surface area contributed by atoms with Crippen molar-refractivity contribution in [3.05, 3.63) is 36.0 Å². The maximum atomic E-state index is 4.61.